The molecule has 1 heterocycles. The second-order valence-electron chi connectivity index (χ2n) is 4.36. The summed E-state index contributed by atoms with van der Waals surface area (Å²) < 4.78 is 1.10. The first-order valence-corrected chi connectivity index (χ1v) is 6.11. The average Bonchev–Trinajstić information content (AvgIpc) is 2.53. The maximum Gasteiger partial charge on any atom is 0.228 e. The van der Waals surface area contributed by atoms with Crippen LogP contribution in [-0.2, 0) is 4.79 Å². The van der Waals surface area contributed by atoms with E-state index in [1.807, 2.05) is 26.0 Å². The Morgan fingerprint density at radius 1 is 1.38 bits per heavy atom. The van der Waals surface area contributed by atoms with Crippen LogP contribution in [0.25, 0.3) is 0 Å². The highest BCUT2D eigenvalue weighted by Crippen LogP contribution is 2.29. The van der Waals surface area contributed by atoms with Gasteiger partial charge in [-0.1, -0.05) is 15.9 Å². The van der Waals surface area contributed by atoms with Crippen molar-refractivity contribution < 1.29 is 4.79 Å². The van der Waals surface area contributed by atoms with Crippen molar-refractivity contribution in [2.75, 3.05) is 11.4 Å². The first kappa shape index (κ1) is 11.6. The monoisotopic (exact) mass is 282 g/mol. The number of nitrogens with zero attached hydrogens (tertiary/aromatic N) is 1. The molecule has 3 nitrogen and oxygen atoms in total. The summed E-state index contributed by atoms with van der Waals surface area (Å²) in [6, 6.07) is 4.01. The largest absolute Gasteiger partial charge is 0.326 e. The molecule has 1 atom stereocenters. The van der Waals surface area contributed by atoms with Crippen molar-refractivity contribution in [3.63, 3.8) is 0 Å². The Hall–Kier alpha value is -0.870. The molecule has 1 aromatic rings. The molecule has 4 heteroatoms. The van der Waals surface area contributed by atoms with E-state index in [-0.39, 0.29) is 11.9 Å². The lowest BCUT2D eigenvalue weighted by molar-refractivity contribution is -0.117. The highest BCUT2D eigenvalue weighted by Gasteiger charge is 2.28. The number of benzene rings is 1. The molecule has 0 aromatic heterocycles. The lowest BCUT2D eigenvalue weighted by Gasteiger charge is -2.18. The van der Waals surface area contributed by atoms with E-state index in [9.17, 15) is 4.79 Å². The fourth-order valence-electron chi connectivity index (χ4n) is 2.06. The molecule has 1 saturated heterocycles. The second-order valence-corrected chi connectivity index (χ2v) is 5.16. The topological polar surface area (TPSA) is 46.3 Å². The van der Waals surface area contributed by atoms with Gasteiger partial charge in [-0.3, -0.25) is 4.79 Å². The molecule has 16 heavy (non-hydrogen) atoms. The first-order chi connectivity index (χ1) is 7.49. The number of rotatable bonds is 1. The third-order valence-corrected chi connectivity index (χ3v) is 4.14. The molecule has 1 aliphatic rings. The van der Waals surface area contributed by atoms with Crippen LogP contribution in [0.2, 0.25) is 0 Å². The van der Waals surface area contributed by atoms with E-state index in [0.29, 0.717) is 13.0 Å². The summed E-state index contributed by atoms with van der Waals surface area (Å²) in [5.41, 5.74) is 9.03. The van der Waals surface area contributed by atoms with Crippen molar-refractivity contribution in [1.82, 2.24) is 0 Å². The number of hydrogen-bond donors (Lipinski definition) is 1. The predicted octanol–water partition coefficient (Wildman–Crippen LogP) is 2.13. The molecule has 0 spiro atoms. The van der Waals surface area contributed by atoms with Gasteiger partial charge >= 0.3 is 0 Å². The van der Waals surface area contributed by atoms with E-state index >= 15 is 0 Å². The molecule has 1 unspecified atom stereocenters. The fraction of sp³-hybridized carbons (Fsp3) is 0.417. The van der Waals surface area contributed by atoms with Crippen molar-refractivity contribution in [2.45, 2.75) is 26.3 Å². The standard InChI is InChI=1S/C12H15BrN2O/c1-7-3-10(4-8(2)12(7)13)15-6-9(14)5-11(15)16/h3-4,9H,5-6,14H2,1-2H3. The van der Waals surface area contributed by atoms with Gasteiger partial charge in [0.05, 0.1) is 0 Å². The Labute approximate surface area is 104 Å². The second kappa shape index (κ2) is 4.18. The SMILES string of the molecule is Cc1cc(N2CC(N)CC2=O)cc(C)c1Br. The van der Waals surface area contributed by atoms with Gasteiger partial charge in [0, 0.05) is 29.2 Å². The van der Waals surface area contributed by atoms with E-state index in [1.54, 1.807) is 4.90 Å². The molecule has 0 bridgehead atoms. The molecule has 1 aliphatic heterocycles. The van der Waals surface area contributed by atoms with Gasteiger partial charge in [-0.15, -0.1) is 0 Å². The molecule has 1 fully saturated rings. The van der Waals surface area contributed by atoms with Crippen LogP contribution in [-0.4, -0.2) is 18.5 Å². The van der Waals surface area contributed by atoms with Crippen molar-refractivity contribution >= 4 is 27.5 Å². The molecule has 0 aliphatic carbocycles. The summed E-state index contributed by atoms with van der Waals surface area (Å²) in [6.45, 7) is 4.68. The van der Waals surface area contributed by atoms with Crippen LogP contribution in [0.15, 0.2) is 16.6 Å². The van der Waals surface area contributed by atoms with Crippen LogP contribution < -0.4 is 10.6 Å². The normalized spacial score (nSPS) is 20.6. The Morgan fingerprint density at radius 2 is 1.94 bits per heavy atom. The Bertz CT molecular complexity index is 422. The van der Waals surface area contributed by atoms with Gasteiger partial charge in [-0.25, -0.2) is 0 Å². The third-order valence-electron chi connectivity index (χ3n) is 2.89. The van der Waals surface area contributed by atoms with Crippen molar-refractivity contribution in [1.29, 1.82) is 0 Å². The smallest absolute Gasteiger partial charge is 0.228 e. The van der Waals surface area contributed by atoms with Gasteiger partial charge in [0.1, 0.15) is 0 Å². The van der Waals surface area contributed by atoms with Crippen LogP contribution in [0.5, 0.6) is 0 Å². The minimum atomic E-state index is -0.0308. The minimum absolute atomic E-state index is 0.0308. The third kappa shape index (κ3) is 1.99. The molecule has 1 amide bonds. The fourth-order valence-corrected chi connectivity index (χ4v) is 2.29. The molecule has 86 valence electrons. The molecule has 0 radical (unpaired) electrons. The maximum absolute atomic E-state index is 11.7. The summed E-state index contributed by atoms with van der Waals surface area (Å²) in [5, 5.41) is 0. The quantitative estimate of drug-likeness (QED) is 0.858. The highest BCUT2D eigenvalue weighted by molar-refractivity contribution is 9.10. The van der Waals surface area contributed by atoms with Crippen LogP contribution in [0.3, 0.4) is 0 Å². The number of anilines is 1. The van der Waals surface area contributed by atoms with Gasteiger partial charge in [0.15, 0.2) is 0 Å². The highest BCUT2D eigenvalue weighted by atomic mass is 79.9. The van der Waals surface area contributed by atoms with Crippen molar-refractivity contribution in [3.05, 3.63) is 27.7 Å². The van der Waals surface area contributed by atoms with E-state index in [4.69, 9.17) is 5.73 Å². The maximum atomic E-state index is 11.7. The van der Waals surface area contributed by atoms with E-state index in [1.165, 1.54) is 0 Å². The van der Waals surface area contributed by atoms with E-state index in [2.05, 4.69) is 15.9 Å². The molecular formula is C12H15BrN2O. The minimum Gasteiger partial charge on any atom is -0.326 e. The lowest BCUT2D eigenvalue weighted by atomic mass is 10.1. The zero-order valence-corrected chi connectivity index (χ0v) is 11.0. The number of aryl methyl sites for hydroxylation is 2. The average molecular weight is 283 g/mol. The number of carbonyl (C=O) groups is 1. The van der Waals surface area contributed by atoms with Crippen LogP contribution in [0, 0.1) is 13.8 Å². The molecule has 1 aromatic carbocycles. The number of halogens is 1. The molecule has 2 rings (SSSR count). The Kier molecular flexibility index (Phi) is 3.04. The number of nitrogens with two attached hydrogens (primary N) is 1. The Morgan fingerprint density at radius 3 is 2.38 bits per heavy atom. The van der Waals surface area contributed by atoms with Gasteiger partial charge in [-0.2, -0.15) is 0 Å². The summed E-state index contributed by atoms with van der Waals surface area (Å²) in [4.78, 5) is 13.5. The summed E-state index contributed by atoms with van der Waals surface area (Å²) >= 11 is 3.52. The van der Waals surface area contributed by atoms with E-state index in [0.717, 1.165) is 21.3 Å². The zero-order chi connectivity index (χ0) is 11.9. The van der Waals surface area contributed by atoms with Crippen LogP contribution in [0.4, 0.5) is 5.69 Å². The predicted molar refractivity (Wildman–Crippen MR) is 68.6 cm³/mol. The van der Waals surface area contributed by atoms with Gasteiger partial charge in [-0.05, 0) is 37.1 Å². The Balaban J connectivity index is 2.38. The van der Waals surface area contributed by atoms with E-state index < -0.39 is 0 Å². The van der Waals surface area contributed by atoms with Gasteiger partial charge in [0.2, 0.25) is 5.91 Å². The lowest BCUT2D eigenvalue weighted by Crippen LogP contribution is -2.28. The van der Waals surface area contributed by atoms with Crippen molar-refractivity contribution in [3.8, 4) is 0 Å². The van der Waals surface area contributed by atoms with Gasteiger partial charge < -0.3 is 10.6 Å². The molecule has 0 saturated carbocycles. The summed E-state index contributed by atoms with van der Waals surface area (Å²) in [6.07, 6.45) is 0.453. The van der Waals surface area contributed by atoms with Crippen molar-refractivity contribution in [2.24, 2.45) is 5.73 Å². The van der Waals surface area contributed by atoms with Gasteiger partial charge in [0.25, 0.3) is 0 Å². The van der Waals surface area contributed by atoms with Crippen LogP contribution >= 0.6 is 15.9 Å². The first-order valence-electron chi connectivity index (χ1n) is 5.31. The number of carbonyl (C=O) groups excluding carboxylic acids is 1. The molecule has 2 N–H and O–H groups in total. The number of hydrogen-bond acceptors (Lipinski definition) is 2. The number of amides is 1. The zero-order valence-electron chi connectivity index (χ0n) is 9.46. The van der Waals surface area contributed by atoms with Crippen LogP contribution in [0.1, 0.15) is 17.5 Å². The summed E-state index contributed by atoms with van der Waals surface area (Å²) in [5.74, 6) is 0.119. The molecular weight excluding hydrogens is 268 g/mol. The summed E-state index contributed by atoms with van der Waals surface area (Å²) in [7, 11) is 0.